The Hall–Kier alpha value is -3.54. The van der Waals surface area contributed by atoms with Crippen molar-refractivity contribution in [3.63, 3.8) is 0 Å². The summed E-state index contributed by atoms with van der Waals surface area (Å²) in [4.78, 5) is 15.7. The summed E-state index contributed by atoms with van der Waals surface area (Å²) >= 11 is 0. The number of carbonyl (C=O) groups excluding carboxylic acids is 1. The first-order valence-corrected chi connectivity index (χ1v) is 11.5. The van der Waals surface area contributed by atoms with Crippen molar-refractivity contribution in [3.8, 4) is 0 Å². The zero-order chi connectivity index (χ0) is 25.1. The molecule has 1 N–H and O–H groups in total. The minimum atomic E-state index is -4.57. The van der Waals surface area contributed by atoms with Gasteiger partial charge in [-0.25, -0.2) is 17.2 Å². The molecule has 0 saturated heterocycles. The van der Waals surface area contributed by atoms with Crippen LogP contribution in [0.4, 0.5) is 27.6 Å². The summed E-state index contributed by atoms with van der Waals surface area (Å²) in [5, 5.41) is 2.52. The molecule has 1 aromatic heterocycles. The lowest BCUT2D eigenvalue weighted by atomic mass is 10.1. The highest BCUT2D eigenvalue weighted by atomic mass is 32.2. The van der Waals surface area contributed by atoms with Crippen molar-refractivity contribution in [2.75, 3.05) is 10.6 Å². The maximum Gasteiger partial charge on any atom is 0.433 e. The van der Waals surface area contributed by atoms with Gasteiger partial charge in [0.25, 0.3) is 5.91 Å². The van der Waals surface area contributed by atoms with Crippen LogP contribution in [0, 0.1) is 11.6 Å². The van der Waals surface area contributed by atoms with E-state index in [0.717, 1.165) is 28.9 Å². The van der Waals surface area contributed by atoms with Crippen LogP contribution in [0.5, 0.6) is 0 Å². The molecule has 0 atom stereocenters. The van der Waals surface area contributed by atoms with Crippen LogP contribution in [-0.2, 0) is 29.3 Å². The molecule has 6 nitrogen and oxygen atoms in total. The van der Waals surface area contributed by atoms with E-state index in [-0.39, 0.29) is 23.4 Å². The predicted octanol–water partition coefficient (Wildman–Crippen LogP) is 4.27. The summed E-state index contributed by atoms with van der Waals surface area (Å²) in [6.07, 6.45) is -2.66. The number of benzene rings is 2. The van der Waals surface area contributed by atoms with Crippen LogP contribution in [0.25, 0.3) is 0 Å². The van der Waals surface area contributed by atoms with Crippen molar-refractivity contribution in [1.82, 2.24) is 10.3 Å². The topological polar surface area (TPSA) is 79.4 Å². The third-order valence-corrected chi connectivity index (χ3v) is 5.87. The monoisotopic (exact) mass is 499 g/mol. The van der Waals surface area contributed by atoms with Gasteiger partial charge in [0.15, 0.2) is 11.6 Å². The zero-order valence-electron chi connectivity index (χ0n) is 17.6. The minimum Gasteiger partial charge on any atom is -0.348 e. The molecule has 180 valence electrons. The number of sulfonamides is 1. The van der Waals surface area contributed by atoms with E-state index in [9.17, 15) is 35.2 Å². The molecule has 0 bridgehead atoms. The third-order valence-electron chi connectivity index (χ3n) is 4.73. The Bertz CT molecular complexity index is 1280. The van der Waals surface area contributed by atoms with Crippen LogP contribution in [-0.4, -0.2) is 25.6 Å². The maximum absolute atomic E-state index is 14.0. The number of pyridine rings is 1. The van der Waals surface area contributed by atoms with Crippen LogP contribution in [0.15, 0.2) is 60.8 Å². The van der Waals surface area contributed by atoms with Gasteiger partial charge < -0.3 is 5.32 Å². The van der Waals surface area contributed by atoms with Crippen molar-refractivity contribution in [1.29, 1.82) is 0 Å². The van der Waals surface area contributed by atoms with Crippen molar-refractivity contribution in [2.45, 2.75) is 19.3 Å². The molecule has 0 radical (unpaired) electrons. The number of aromatic nitrogens is 1. The highest BCUT2D eigenvalue weighted by molar-refractivity contribution is 7.92. The first-order valence-electron chi connectivity index (χ1n) is 9.67. The van der Waals surface area contributed by atoms with Gasteiger partial charge in [-0.3, -0.25) is 14.1 Å². The second kappa shape index (κ2) is 9.75. The number of rotatable bonds is 7. The highest BCUT2D eigenvalue weighted by Crippen LogP contribution is 2.27. The molecule has 0 aliphatic heterocycles. The van der Waals surface area contributed by atoms with E-state index in [4.69, 9.17) is 0 Å². The van der Waals surface area contributed by atoms with Gasteiger partial charge in [-0.15, -0.1) is 0 Å². The lowest BCUT2D eigenvalue weighted by Crippen LogP contribution is -2.30. The fourth-order valence-corrected chi connectivity index (χ4v) is 3.86. The largest absolute Gasteiger partial charge is 0.433 e. The summed E-state index contributed by atoms with van der Waals surface area (Å²) < 4.78 is 90.6. The van der Waals surface area contributed by atoms with Crippen LogP contribution in [0.1, 0.15) is 27.2 Å². The number of carbonyl (C=O) groups is 1. The number of anilines is 1. The number of alkyl halides is 3. The predicted molar refractivity (Wildman–Crippen MR) is 114 cm³/mol. The first kappa shape index (κ1) is 25.1. The third kappa shape index (κ3) is 6.07. The van der Waals surface area contributed by atoms with Crippen molar-refractivity contribution in [2.24, 2.45) is 0 Å². The second-order valence-corrected chi connectivity index (χ2v) is 9.17. The van der Waals surface area contributed by atoms with Gasteiger partial charge in [-0.2, -0.15) is 13.2 Å². The molecule has 2 aromatic carbocycles. The smallest absolute Gasteiger partial charge is 0.348 e. The van der Waals surface area contributed by atoms with Gasteiger partial charge in [0.2, 0.25) is 10.0 Å². The number of hydrogen-bond acceptors (Lipinski definition) is 4. The van der Waals surface area contributed by atoms with Crippen molar-refractivity contribution in [3.05, 3.63) is 94.8 Å². The van der Waals surface area contributed by atoms with Gasteiger partial charge in [0.1, 0.15) is 5.69 Å². The molecule has 0 saturated carbocycles. The summed E-state index contributed by atoms with van der Waals surface area (Å²) in [5.74, 6) is -2.83. The summed E-state index contributed by atoms with van der Waals surface area (Å²) in [6.45, 7) is -0.547. The fourth-order valence-electron chi connectivity index (χ4n) is 2.99. The normalized spacial score (nSPS) is 11.8. The average molecular weight is 499 g/mol. The molecule has 12 heteroatoms. The van der Waals surface area contributed by atoms with Gasteiger partial charge in [-0.05, 0) is 42.0 Å². The van der Waals surface area contributed by atoms with E-state index in [1.165, 1.54) is 42.5 Å². The van der Waals surface area contributed by atoms with E-state index in [0.29, 0.717) is 5.56 Å². The maximum atomic E-state index is 14.0. The van der Waals surface area contributed by atoms with E-state index < -0.39 is 46.0 Å². The number of halogens is 5. The first-order chi connectivity index (χ1) is 15.9. The Balaban J connectivity index is 1.71. The van der Waals surface area contributed by atoms with E-state index in [1.807, 2.05) is 0 Å². The van der Waals surface area contributed by atoms with Crippen LogP contribution in [0.2, 0.25) is 0 Å². The van der Waals surface area contributed by atoms with E-state index in [1.54, 1.807) is 0 Å². The molecular weight excluding hydrogens is 481 g/mol. The standard InChI is InChI=1S/C22H18F5N3O3S/c1-34(32,33)30(13-16-3-2-4-18(23)20(16)24)17-8-6-15(7-9-17)21(31)29-12-14-5-10-19(28-11-14)22(25,26)27/h2-11H,12-13H2,1H3,(H,29,31). The molecule has 1 heterocycles. The molecule has 34 heavy (non-hydrogen) atoms. The number of amides is 1. The summed E-state index contributed by atoms with van der Waals surface area (Å²) in [7, 11) is -3.88. The lowest BCUT2D eigenvalue weighted by Gasteiger charge is -2.23. The summed E-state index contributed by atoms with van der Waals surface area (Å²) in [6, 6.07) is 10.7. The van der Waals surface area contributed by atoms with Gasteiger partial charge in [0, 0.05) is 23.9 Å². The van der Waals surface area contributed by atoms with Gasteiger partial charge in [0.05, 0.1) is 18.5 Å². The lowest BCUT2D eigenvalue weighted by molar-refractivity contribution is -0.141. The summed E-state index contributed by atoms with van der Waals surface area (Å²) in [5.41, 5.74) is -0.605. The Morgan fingerprint density at radius 3 is 2.26 bits per heavy atom. The average Bonchev–Trinajstić information content (AvgIpc) is 2.77. The number of hydrogen-bond donors (Lipinski definition) is 1. The Morgan fingerprint density at radius 2 is 1.71 bits per heavy atom. The number of nitrogens with zero attached hydrogens (tertiary/aromatic N) is 2. The van der Waals surface area contributed by atoms with Gasteiger partial charge >= 0.3 is 6.18 Å². The van der Waals surface area contributed by atoms with Crippen LogP contribution in [0.3, 0.4) is 0 Å². The van der Waals surface area contributed by atoms with Crippen molar-refractivity contribution < 1.29 is 35.2 Å². The Labute approximate surface area is 192 Å². The fraction of sp³-hybridized carbons (Fsp3) is 0.182. The highest BCUT2D eigenvalue weighted by Gasteiger charge is 2.32. The quantitative estimate of drug-likeness (QED) is 0.493. The molecule has 0 fully saturated rings. The molecule has 0 aliphatic rings. The van der Waals surface area contributed by atoms with Gasteiger partial charge in [-0.1, -0.05) is 18.2 Å². The molecule has 0 spiro atoms. The van der Waals surface area contributed by atoms with Crippen molar-refractivity contribution >= 4 is 21.6 Å². The zero-order valence-corrected chi connectivity index (χ0v) is 18.4. The molecule has 0 unspecified atom stereocenters. The molecular formula is C22H18F5N3O3S. The molecule has 1 amide bonds. The van der Waals surface area contributed by atoms with E-state index in [2.05, 4.69) is 10.3 Å². The minimum absolute atomic E-state index is 0.0833. The second-order valence-electron chi connectivity index (χ2n) is 7.26. The van der Waals surface area contributed by atoms with Crippen LogP contribution < -0.4 is 9.62 Å². The van der Waals surface area contributed by atoms with Crippen LogP contribution >= 0.6 is 0 Å². The van der Waals surface area contributed by atoms with E-state index >= 15 is 0 Å². The SMILES string of the molecule is CS(=O)(=O)N(Cc1cccc(F)c1F)c1ccc(C(=O)NCc2ccc(C(F)(F)F)nc2)cc1. The number of nitrogens with one attached hydrogen (secondary N) is 1. The molecule has 3 rings (SSSR count). The molecule has 0 aliphatic carbocycles. The Kier molecular flexibility index (Phi) is 7.20. The Morgan fingerprint density at radius 1 is 1.03 bits per heavy atom. The molecule has 3 aromatic rings.